The molecule has 0 saturated carbocycles. The van der Waals surface area contributed by atoms with Gasteiger partial charge in [0.2, 0.25) is 0 Å². The van der Waals surface area contributed by atoms with Gasteiger partial charge in [0.25, 0.3) is 5.66 Å². The van der Waals surface area contributed by atoms with Crippen LogP contribution in [0.2, 0.25) is 0 Å². The first-order valence-corrected chi connectivity index (χ1v) is 8.79. The second-order valence-corrected chi connectivity index (χ2v) is 7.18. The lowest BCUT2D eigenvalue weighted by Crippen LogP contribution is -2.62. The molecule has 27 heavy (non-hydrogen) atoms. The Morgan fingerprint density at radius 3 is 2.52 bits per heavy atom. The Balaban J connectivity index is 1.87. The molecule has 1 atom stereocenters. The number of benzene rings is 2. The molecule has 4 rings (SSSR count). The Hall–Kier alpha value is -2.68. The predicted octanol–water partition coefficient (Wildman–Crippen LogP) is 4.41. The van der Waals surface area contributed by atoms with Crippen molar-refractivity contribution >= 4 is 28.6 Å². The van der Waals surface area contributed by atoms with Gasteiger partial charge in [0.15, 0.2) is 5.17 Å². The minimum Gasteiger partial charge on any atom is -0.497 e. The lowest BCUT2D eigenvalue weighted by atomic mass is 9.98. The van der Waals surface area contributed by atoms with Crippen molar-refractivity contribution in [3.8, 4) is 5.75 Å². The maximum Gasteiger partial charge on any atom is 0.436 e. The average Bonchev–Trinajstić information content (AvgIpc) is 2.98. The molecule has 2 aromatic rings. The summed E-state index contributed by atoms with van der Waals surface area (Å²) in [5.41, 5.74) is -1.58. The Morgan fingerprint density at radius 2 is 1.89 bits per heavy atom. The number of rotatable bonds is 2. The van der Waals surface area contributed by atoms with E-state index in [4.69, 9.17) is 4.74 Å². The molecule has 0 aliphatic carbocycles. The third kappa shape index (κ3) is 2.64. The molecule has 0 saturated heterocycles. The van der Waals surface area contributed by atoms with Crippen LogP contribution in [0.1, 0.15) is 11.1 Å². The number of halogens is 3. The van der Waals surface area contributed by atoms with Gasteiger partial charge < -0.3 is 10.1 Å². The number of hydrogen-bond donors (Lipinski definition) is 1. The standard InChI is InChI=1S/C18H14F3N3O2S/c1-10-3-8-13-14(9-10)27-16-23-17(18(19,20)21,22-15(25)24(13)16)11-4-6-12(26-2)7-5-11/h3-9H,1-2H3,(H,22,25)/t17-/m1/s1. The third-order valence-corrected chi connectivity index (χ3v) is 5.42. The van der Waals surface area contributed by atoms with Gasteiger partial charge in [-0.1, -0.05) is 18.2 Å². The summed E-state index contributed by atoms with van der Waals surface area (Å²) in [6.45, 7) is 1.87. The zero-order valence-electron chi connectivity index (χ0n) is 14.3. The number of carbonyl (C=O) groups is 1. The molecule has 2 amide bonds. The number of anilines is 1. The number of fused-ring (bicyclic) bond motifs is 3. The first-order chi connectivity index (χ1) is 12.7. The SMILES string of the molecule is COc1ccc([C@]2(C(F)(F)F)N=C3Sc4cc(C)ccc4N3C(=O)N2)cc1. The summed E-state index contributed by atoms with van der Waals surface area (Å²) in [5.74, 6) is 0.408. The molecule has 9 heteroatoms. The molecule has 5 nitrogen and oxygen atoms in total. The van der Waals surface area contributed by atoms with E-state index in [1.807, 2.05) is 13.0 Å². The van der Waals surface area contributed by atoms with Crippen molar-refractivity contribution in [1.29, 1.82) is 0 Å². The fraction of sp³-hybridized carbons (Fsp3) is 0.222. The third-order valence-electron chi connectivity index (χ3n) is 4.42. The molecule has 0 spiro atoms. The molecule has 2 aliphatic rings. The number of methoxy groups -OCH3 is 1. The molecule has 0 bridgehead atoms. The molecule has 0 unspecified atom stereocenters. The van der Waals surface area contributed by atoms with E-state index in [0.717, 1.165) is 17.3 Å². The molecule has 0 radical (unpaired) electrons. The quantitative estimate of drug-likeness (QED) is 0.822. The molecule has 0 fully saturated rings. The zero-order chi connectivity index (χ0) is 19.4. The predicted molar refractivity (Wildman–Crippen MR) is 96.2 cm³/mol. The highest BCUT2D eigenvalue weighted by atomic mass is 32.2. The van der Waals surface area contributed by atoms with Crippen LogP contribution in [0, 0.1) is 6.92 Å². The number of alkyl halides is 3. The summed E-state index contributed by atoms with van der Waals surface area (Å²) in [4.78, 5) is 18.5. The Labute approximate surface area is 157 Å². The van der Waals surface area contributed by atoms with Crippen molar-refractivity contribution in [1.82, 2.24) is 5.32 Å². The number of ether oxygens (including phenoxy) is 1. The number of carbonyl (C=O) groups excluding carboxylic acids is 1. The van der Waals surface area contributed by atoms with Gasteiger partial charge in [0, 0.05) is 10.5 Å². The summed E-state index contributed by atoms with van der Waals surface area (Å²) in [6.07, 6.45) is -4.83. The second-order valence-electron chi connectivity index (χ2n) is 6.17. The Kier molecular flexibility index (Phi) is 3.88. The van der Waals surface area contributed by atoms with E-state index in [1.165, 1.54) is 36.3 Å². The van der Waals surface area contributed by atoms with E-state index in [2.05, 4.69) is 10.3 Å². The maximum atomic E-state index is 14.1. The monoisotopic (exact) mass is 393 g/mol. The number of aryl methyl sites for hydroxylation is 1. The number of thioether (sulfide) groups is 1. The lowest BCUT2D eigenvalue weighted by Gasteiger charge is -2.38. The van der Waals surface area contributed by atoms with Crippen molar-refractivity contribution in [3.63, 3.8) is 0 Å². The van der Waals surface area contributed by atoms with Crippen molar-refractivity contribution in [2.75, 3.05) is 12.0 Å². The van der Waals surface area contributed by atoms with Gasteiger partial charge in [-0.25, -0.2) is 14.7 Å². The van der Waals surface area contributed by atoms with Crippen molar-refractivity contribution in [2.45, 2.75) is 23.7 Å². The van der Waals surface area contributed by atoms with Crippen molar-refractivity contribution < 1.29 is 22.7 Å². The highest BCUT2D eigenvalue weighted by Gasteiger charge is 2.61. The van der Waals surface area contributed by atoms with Gasteiger partial charge in [-0.05, 0) is 48.5 Å². The molecule has 2 aromatic carbocycles. The zero-order valence-corrected chi connectivity index (χ0v) is 15.1. The smallest absolute Gasteiger partial charge is 0.436 e. The van der Waals surface area contributed by atoms with Gasteiger partial charge in [-0.2, -0.15) is 13.2 Å². The first kappa shape index (κ1) is 17.7. The van der Waals surface area contributed by atoms with E-state index in [1.54, 1.807) is 12.1 Å². The van der Waals surface area contributed by atoms with Crippen molar-refractivity contribution in [3.05, 3.63) is 53.6 Å². The van der Waals surface area contributed by atoms with Crippen molar-refractivity contribution in [2.24, 2.45) is 4.99 Å². The highest BCUT2D eigenvalue weighted by Crippen LogP contribution is 2.48. The average molecular weight is 393 g/mol. The van der Waals surface area contributed by atoms with Crippen LogP contribution in [-0.2, 0) is 5.66 Å². The lowest BCUT2D eigenvalue weighted by molar-refractivity contribution is -0.195. The summed E-state index contributed by atoms with van der Waals surface area (Å²) in [6, 6.07) is 9.76. The van der Waals surface area contributed by atoms with E-state index in [9.17, 15) is 18.0 Å². The Morgan fingerprint density at radius 1 is 1.19 bits per heavy atom. The summed E-state index contributed by atoms with van der Waals surface area (Å²) < 4.78 is 47.3. The van der Waals surface area contributed by atoms with E-state index >= 15 is 0 Å². The van der Waals surface area contributed by atoms with Crippen LogP contribution in [0.3, 0.4) is 0 Å². The Bertz CT molecular complexity index is 959. The highest BCUT2D eigenvalue weighted by molar-refractivity contribution is 8.15. The second kappa shape index (κ2) is 5.91. The van der Waals surface area contributed by atoms with Crippen LogP contribution in [0.15, 0.2) is 52.4 Å². The summed E-state index contributed by atoms with van der Waals surface area (Å²) in [5, 5.41) is 2.06. The van der Waals surface area contributed by atoms with E-state index < -0.39 is 17.9 Å². The fourth-order valence-electron chi connectivity index (χ4n) is 3.05. The largest absolute Gasteiger partial charge is 0.497 e. The number of nitrogens with zero attached hydrogens (tertiary/aromatic N) is 2. The van der Waals surface area contributed by atoms with Crippen LogP contribution in [-0.4, -0.2) is 24.5 Å². The van der Waals surface area contributed by atoms with E-state index in [-0.39, 0.29) is 10.7 Å². The molecular formula is C18H14F3N3O2S. The summed E-state index contributed by atoms with van der Waals surface area (Å²) in [7, 11) is 1.42. The van der Waals surface area contributed by atoms with Crippen LogP contribution < -0.4 is 15.0 Å². The summed E-state index contributed by atoms with van der Waals surface area (Å²) >= 11 is 1.05. The van der Waals surface area contributed by atoms with Gasteiger partial charge in [0.1, 0.15) is 5.75 Å². The van der Waals surface area contributed by atoms with Crippen LogP contribution in [0.5, 0.6) is 5.75 Å². The topological polar surface area (TPSA) is 53.9 Å². The van der Waals surface area contributed by atoms with Gasteiger partial charge in [-0.3, -0.25) is 0 Å². The molecule has 2 aliphatic heterocycles. The minimum absolute atomic E-state index is 0.00695. The van der Waals surface area contributed by atoms with Gasteiger partial charge in [0.05, 0.1) is 12.8 Å². The van der Waals surface area contributed by atoms with Crippen LogP contribution in [0.4, 0.5) is 23.7 Å². The molecule has 2 heterocycles. The number of aliphatic imine (C=N–C) groups is 1. The molecular weight excluding hydrogens is 379 g/mol. The number of hydrogen-bond acceptors (Lipinski definition) is 4. The van der Waals surface area contributed by atoms with Gasteiger partial charge in [-0.15, -0.1) is 0 Å². The maximum absolute atomic E-state index is 14.1. The minimum atomic E-state index is -4.83. The molecule has 0 aromatic heterocycles. The number of urea groups is 1. The number of nitrogens with one attached hydrogen (secondary N) is 1. The molecule has 1 N–H and O–H groups in total. The normalized spacial score (nSPS) is 21.3. The van der Waals surface area contributed by atoms with E-state index in [0.29, 0.717) is 16.3 Å². The number of amidine groups is 1. The van der Waals surface area contributed by atoms with Crippen LogP contribution in [0.25, 0.3) is 0 Å². The fourth-order valence-corrected chi connectivity index (χ4v) is 4.21. The number of amides is 2. The first-order valence-electron chi connectivity index (χ1n) is 7.97. The van der Waals surface area contributed by atoms with Crippen LogP contribution >= 0.6 is 11.8 Å². The van der Waals surface area contributed by atoms with Gasteiger partial charge >= 0.3 is 12.2 Å². The molecule has 140 valence electrons.